The number of piperidine rings is 1. The normalized spacial score (nSPS) is 18.7. The highest BCUT2D eigenvalue weighted by Gasteiger charge is 2.23. The van der Waals surface area contributed by atoms with Gasteiger partial charge in [0.15, 0.2) is 0 Å². The molecule has 0 saturated carbocycles. The topological polar surface area (TPSA) is 82.7 Å². The predicted molar refractivity (Wildman–Crippen MR) is 132 cm³/mol. The molecule has 0 bridgehead atoms. The van der Waals surface area contributed by atoms with E-state index in [-0.39, 0.29) is 18.0 Å². The van der Waals surface area contributed by atoms with Crippen LogP contribution in [0, 0.1) is 5.92 Å². The molecule has 7 nitrogen and oxygen atoms in total. The number of hydrogen-bond donors (Lipinski definition) is 3. The number of carbonyl (C=O) groups excluding carboxylic acids is 2. The van der Waals surface area contributed by atoms with E-state index in [1.165, 1.54) is 0 Å². The lowest BCUT2D eigenvalue weighted by Crippen LogP contribution is -2.36. The fourth-order valence-corrected chi connectivity index (χ4v) is 4.38. The number of benzene rings is 2. The van der Waals surface area contributed by atoms with Crippen LogP contribution in [0.1, 0.15) is 43.0 Å². The summed E-state index contributed by atoms with van der Waals surface area (Å²) in [5.41, 5.74) is 2.64. The predicted octanol–water partition coefficient (Wildman–Crippen LogP) is 5.13. The highest BCUT2D eigenvalue weighted by molar-refractivity contribution is 6.30. The molecule has 0 aliphatic carbocycles. The molecule has 8 heteroatoms. The summed E-state index contributed by atoms with van der Waals surface area (Å²) in [6.45, 7) is 5.33. The van der Waals surface area contributed by atoms with Gasteiger partial charge in [-0.05, 0) is 74.1 Å². The summed E-state index contributed by atoms with van der Waals surface area (Å²) >= 11 is 5.90. The fourth-order valence-electron chi connectivity index (χ4n) is 4.25. The second-order valence-electron chi connectivity index (χ2n) is 8.83. The van der Waals surface area contributed by atoms with Crippen molar-refractivity contribution < 1.29 is 14.3 Å². The van der Waals surface area contributed by atoms with Crippen LogP contribution in [0.15, 0.2) is 42.5 Å². The molecule has 2 aliphatic heterocycles. The van der Waals surface area contributed by atoms with Gasteiger partial charge in [-0.3, -0.25) is 4.79 Å². The molecule has 4 rings (SSSR count). The Balaban J connectivity index is 1.48. The molecule has 3 N–H and O–H groups in total. The molecule has 0 unspecified atom stereocenters. The van der Waals surface area contributed by atoms with Gasteiger partial charge < -0.3 is 25.6 Å². The van der Waals surface area contributed by atoms with Gasteiger partial charge in [0.05, 0.1) is 11.7 Å². The number of carbonyl (C=O) groups is 2. The lowest BCUT2D eigenvalue weighted by atomic mass is 9.97. The Bertz CT molecular complexity index is 968. The molecule has 0 spiro atoms. The van der Waals surface area contributed by atoms with Crippen LogP contribution in [0.5, 0.6) is 0 Å². The van der Waals surface area contributed by atoms with Crippen molar-refractivity contribution in [1.82, 2.24) is 5.32 Å². The number of hydrogen-bond acceptors (Lipinski definition) is 4. The summed E-state index contributed by atoms with van der Waals surface area (Å²) in [6.07, 6.45) is 4.25. The monoisotopic (exact) mass is 470 g/mol. The first kappa shape index (κ1) is 23.4. The second kappa shape index (κ2) is 10.9. The van der Waals surface area contributed by atoms with Gasteiger partial charge in [-0.2, -0.15) is 0 Å². The molecule has 2 aromatic rings. The van der Waals surface area contributed by atoms with Crippen molar-refractivity contribution in [2.24, 2.45) is 5.92 Å². The van der Waals surface area contributed by atoms with Gasteiger partial charge in [-0.25, -0.2) is 4.79 Å². The lowest BCUT2D eigenvalue weighted by molar-refractivity contribution is 0.0858. The number of nitrogens with zero attached hydrogens (tertiary/aromatic N) is 1. The van der Waals surface area contributed by atoms with Gasteiger partial charge in [-0.1, -0.05) is 18.5 Å². The number of halogens is 1. The van der Waals surface area contributed by atoms with Crippen LogP contribution in [0.4, 0.5) is 21.9 Å². The number of ether oxygens (including phenoxy) is 1. The number of amides is 3. The van der Waals surface area contributed by atoms with Gasteiger partial charge in [0, 0.05) is 48.3 Å². The Morgan fingerprint density at radius 2 is 1.73 bits per heavy atom. The van der Waals surface area contributed by atoms with E-state index in [9.17, 15) is 9.59 Å². The summed E-state index contributed by atoms with van der Waals surface area (Å²) < 4.78 is 5.64. The van der Waals surface area contributed by atoms with Crippen molar-refractivity contribution in [2.75, 3.05) is 41.8 Å². The van der Waals surface area contributed by atoms with E-state index in [4.69, 9.17) is 16.3 Å². The number of anilines is 3. The van der Waals surface area contributed by atoms with Crippen LogP contribution in [-0.4, -0.2) is 44.3 Å². The van der Waals surface area contributed by atoms with E-state index in [1.807, 2.05) is 12.1 Å². The van der Waals surface area contributed by atoms with Crippen molar-refractivity contribution in [3.05, 3.63) is 53.1 Å². The summed E-state index contributed by atoms with van der Waals surface area (Å²) in [7, 11) is 0. The SMILES string of the molecule is CC1CCN(c2ccc(NC(=O)Nc3ccc(Cl)cc3)cc2C(=O)NC[C@@H]2CCCO2)CC1. The minimum Gasteiger partial charge on any atom is -0.376 e. The van der Waals surface area contributed by atoms with E-state index in [1.54, 1.807) is 30.3 Å². The standard InChI is InChI=1S/C25H31ClN4O3/c1-17-10-12-30(13-11-17)23-9-8-20(29-25(32)28-19-6-4-18(26)5-7-19)15-22(23)24(31)27-16-21-3-2-14-33-21/h4-9,15,17,21H,2-3,10-14,16H2,1H3,(H,27,31)(H2,28,29,32)/t21-/m0/s1. The van der Waals surface area contributed by atoms with E-state index < -0.39 is 0 Å². The Morgan fingerprint density at radius 1 is 1.03 bits per heavy atom. The summed E-state index contributed by atoms with van der Waals surface area (Å²) in [6, 6.07) is 12.0. The van der Waals surface area contributed by atoms with Crippen LogP contribution in [0.25, 0.3) is 0 Å². The molecule has 2 fully saturated rings. The molecular weight excluding hydrogens is 440 g/mol. The van der Waals surface area contributed by atoms with Crippen molar-refractivity contribution in [1.29, 1.82) is 0 Å². The Hall–Kier alpha value is -2.77. The fraction of sp³-hybridized carbons (Fsp3) is 0.440. The van der Waals surface area contributed by atoms with Crippen molar-refractivity contribution in [3.8, 4) is 0 Å². The Labute approximate surface area is 199 Å². The zero-order chi connectivity index (χ0) is 23.2. The average Bonchev–Trinajstić information content (AvgIpc) is 3.33. The maximum atomic E-state index is 13.2. The minimum atomic E-state index is -0.386. The van der Waals surface area contributed by atoms with Gasteiger partial charge in [0.25, 0.3) is 5.91 Å². The second-order valence-corrected chi connectivity index (χ2v) is 9.27. The van der Waals surface area contributed by atoms with E-state index >= 15 is 0 Å². The van der Waals surface area contributed by atoms with Crippen LogP contribution in [-0.2, 0) is 4.74 Å². The average molecular weight is 471 g/mol. The number of nitrogens with one attached hydrogen (secondary N) is 3. The molecule has 2 saturated heterocycles. The van der Waals surface area contributed by atoms with E-state index in [0.29, 0.717) is 34.4 Å². The van der Waals surface area contributed by atoms with E-state index in [0.717, 1.165) is 51.1 Å². The van der Waals surface area contributed by atoms with Gasteiger partial charge in [0.2, 0.25) is 0 Å². The maximum absolute atomic E-state index is 13.2. The smallest absolute Gasteiger partial charge is 0.323 e. The van der Waals surface area contributed by atoms with Gasteiger partial charge in [0.1, 0.15) is 0 Å². The quantitative estimate of drug-likeness (QED) is 0.546. The first-order valence-electron chi connectivity index (χ1n) is 11.6. The van der Waals surface area contributed by atoms with E-state index in [2.05, 4.69) is 27.8 Å². The van der Waals surface area contributed by atoms with Crippen LogP contribution < -0.4 is 20.9 Å². The third-order valence-corrected chi connectivity index (χ3v) is 6.49. The van der Waals surface area contributed by atoms with Gasteiger partial charge >= 0.3 is 6.03 Å². The summed E-state index contributed by atoms with van der Waals surface area (Å²) in [5.74, 6) is 0.538. The molecule has 2 heterocycles. The first-order chi connectivity index (χ1) is 16.0. The van der Waals surface area contributed by atoms with Crippen molar-refractivity contribution in [3.63, 3.8) is 0 Å². The molecule has 2 aromatic carbocycles. The number of rotatable bonds is 6. The molecule has 3 amide bonds. The Kier molecular flexibility index (Phi) is 7.73. The third-order valence-electron chi connectivity index (χ3n) is 6.24. The summed E-state index contributed by atoms with van der Waals surface area (Å²) in [4.78, 5) is 27.9. The molecule has 176 valence electrons. The largest absolute Gasteiger partial charge is 0.376 e. The zero-order valence-electron chi connectivity index (χ0n) is 18.9. The summed E-state index contributed by atoms with van der Waals surface area (Å²) in [5, 5.41) is 9.23. The zero-order valence-corrected chi connectivity index (χ0v) is 19.7. The molecule has 2 aliphatic rings. The van der Waals surface area contributed by atoms with Crippen molar-refractivity contribution >= 4 is 40.6 Å². The third kappa shape index (κ3) is 6.39. The van der Waals surface area contributed by atoms with Crippen LogP contribution >= 0.6 is 11.6 Å². The first-order valence-corrected chi connectivity index (χ1v) is 12.0. The lowest BCUT2D eigenvalue weighted by Gasteiger charge is -2.33. The molecule has 33 heavy (non-hydrogen) atoms. The number of urea groups is 1. The van der Waals surface area contributed by atoms with Crippen molar-refractivity contribution in [2.45, 2.75) is 38.7 Å². The Morgan fingerprint density at radius 3 is 2.42 bits per heavy atom. The van der Waals surface area contributed by atoms with Gasteiger partial charge in [-0.15, -0.1) is 0 Å². The molecule has 0 aromatic heterocycles. The van der Waals surface area contributed by atoms with Crippen LogP contribution in [0.2, 0.25) is 5.02 Å². The minimum absolute atomic E-state index is 0.0692. The highest BCUT2D eigenvalue weighted by atomic mass is 35.5. The molecule has 1 atom stereocenters. The highest BCUT2D eigenvalue weighted by Crippen LogP contribution is 2.29. The van der Waals surface area contributed by atoms with Crippen LogP contribution in [0.3, 0.4) is 0 Å². The molecule has 0 radical (unpaired) electrons. The molecular formula is C25H31ClN4O3. The maximum Gasteiger partial charge on any atom is 0.323 e.